The van der Waals surface area contributed by atoms with Crippen LogP contribution in [0, 0.1) is 11.8 Å². The van der Waals surface area contributed by atoms with E-state index in [0.717, 1.165) is 6.42 Å². The predicted molar refractivity (Wildman–Crippen MR) is 85.0 cm³/mol. The molecule has 0 saturated heterocycles. The van der Waals surface area contributed by atoms with Gasteiger partial charge in [0.2, 0.25) is 5.91 Å². The summed E-state index contributed by atoms with van der Waals surface area (Å²) in [6.45, 7) is 7.44. The number of amides is 1. The fourth-order valence-electron chi connectivity index (χ4n) is 2.32. The van der Waals surface area contributed by atoms with Crippen molar-refractivity contribution in [1.29, 1.82) is 0 Å². The molecule has 0 aliphatic carbocycles. The lowest BCUT2D eigenvalue weighted by Crippen LogP contribution is -2.31. The number of hydrogen-bond donors (Lipinski definition) is 1. The number of ketones is 1. The summed E-state index contributed by atoms with van der Waals surface area (Å²) in [7, 11) is -3.89. The number of Topliss-reactive ketones (excluding diaryl/α,β-unsaturated/α-hetero) is 1. The van der Waals surface area contributed by atoms with Crippen molar-refractivity contribution < 1.29 is 18.0 Å². The minimum absolute atomic E-state index is 0.0256. The molecule has 1 N–H and O–H groups in total. The summed E-state index contributed by atoms with van der Waals surface area (Å²) < 4.78 is 26.3. The van der Waals surface area contributed by atoms with Gasteiger partial charge in [0, 0.05) is 12.0 Å². The van der Waals surface area contributed by atoms with E-state index in [0.29, 0.717) is 11.5 Å². The zero-order valence-corrected chi connectivity index (χ0v) is 14.2. The van der Waals surface area contributed by atoms with Gasteiger partial charge in [0.1, 0.15) is 0 Å². The monoisotopic (exact) mass is 325 g/mol. The Morgan fingerprint density at radius 1 is 1.09 bits per heavy atom. The van der Waals surface area contributed by atoms with Gasteiger partial charge in [-0.1, -0.05) is 32.9 Å². The normalized spacial score (nSPS) is 13.0. The van der Waals surface area contributed by atoms with Crippen LogP contribution in [0.5, 0.6) is 0 Å². The number of hydrogen-bond acceptors (Lipinski definition) is 4. The summed E-state index contributed by atoms with van der Waals surface area (Å²) in [5.74, 6) is -0.0758. The molecule has 0 aliphatic heterocycles. The predicted octanol–water partition coefficient (Wildman–Crippen LogP) is 2.77. The van der Waals surface area contributed by atoms with Crippen LogP contribution in [-0.4, -0.2) is 20.1 Å². The Labute approximate surface area is 132 Å². The maximum atomic E-state index is 12.1. The molecule has 1 unspecified atom stereocenters. The minimum atomic E-state index is -3.89. The van der Waals surface area contributed by atoms with Gasteiger partial charge in [-0.3, -0.25) is 9.59 Å². The summed E-state index contributed by atoms with van der Waals surface area (Å²) in [6, 6.07) is 5.51. The molecule has 0 aliphatic rings. The fourth-order valence-corrected chi connectivity index (χ4v) is 3.32. The van der Waals surface area contributed by atoms with Crippen LogP contribution in [0.2, 0.25) is 0 Å². The van der Waals surface area contributed by atoms with E-state index in [-0.39, 0.29) is 23.0 Å². The molecule has 122 valence electrons. The van der Waals surface area contributed by atoms with Crippen molar-refractivity contribution in [2.75, 3.05) is 0 Å². The van der Waals surface area contributed by atoms with Gasteiger partial charge in [-0.2, -0.15) is 0 Å². The first-order valence-corrected chi connectivity index (χ1v) is 8.76. The fraction of sp³-hybridized carbons (Fsp3) is 0.500. The first kappa shape index (κ1) is 18.4. The van der Waals surface area contributed by atoms with Crippen LogP contribution in [-0.2, 0) is 14.8 Å². The summed E-state index contributed by atoms with van der Waals surface area (Å²) >= 11 is 0. The molecule has 0 fully saturated rings. The second kappa shape index (κ2) is 7.54. The average molecular weight is 325 g/mol. The molecule has 22 heavy (non-hydrogen) atoms. The molecule has 0 aromatic heterocycles. The third-order valence-electron chi connectivity index (χ3n) is 3.23. The second-order valence-corrected chi connectivity index (χ2v) is 7.73. The van der Waals surface area contributed by atoms with Gasteiger partial charge in [0.25, 0.3) is 10.0 Å². The summed E-state index contributed by atoms with van der Waals surface area (Å²) in [5.41, 5.74) is 0.427. The van der Waals surface area contributed by atoms with Crippen molar-refractivity contribution in [3.8, 4) is 0 Å². The van der Waals surface area contributed by atoms with Crippen molar-refractivity contribution in [1.82, 2.24) is 4.72 Å². The average Bonchev–Trinajstić information content (AvgIpc) is 2.36. The van der Waals surface area contributed by atoms with Gasteiger partial charge >= 0.3 is 0 Å². The largest absolute Gasteiger partial charge is 0.295 e. The molecule has 1 aromatic carbocycles. The minimum Gasteiger partial charge on any atom is -0.295 e. The molecule has 0 heterocycles. The maximum Gasteiger partial charge on any atom is 0.264 e. The van der Waals surface area contributed by atoms with Crippen molar-refractivity contribution >= 4 is 21.7 Å². The van der Waals surface area contributed by atoms with Crippen LogP contribution in [0.3, 0.4) is 0 Å². The van der Waals surface area contributed by atoms with Crippen molar-refractivity contribution in [2.45, 2.75) is 45.4 Å². The quantitative estimate of drug-likeness (QED) is 0.782. The molecule has 1 rings (SSSR count). The molecular weight excluding hydrogens is 302 g/mol. The van der Waals surface area contributed by atoms with E-state index in [9.17, 15) is 18.0 Å². The van der Waals surface area contributed by atoms with E-state index in [1.807, 2.05) is 6.92 Å². The molecule has 0 radical (unpaired) electrons. The number of nitrogens with one attached hydrogen (secondary N) is 1. The molecule has 0 bridgehead atoms. The lowest BCUT2D eigenvalue weighted by Gasteiger charge is -2.14. The van der Waals surface area contributed by atoms with Crippen LogP contribution in [0.4, 0.5) is 0 Å². The van der Waals surface area contributed by atoms with E-state index < -0.39 is 15.9 Å². The summed E-state index contributed by atoms with van der Waals surface area (Å²) in [4.78, 5) is 23.0. The Hall–Kier alpha value is -1.69. The molecule has 1 atom stereocenters. The molecule has 1 amide bonds. The lowest BCUT2D eigenvalue weighted by atomic mass is 9.96. The van der Waals surface area contributed by atoms with Gasteiger partial charge in [-0.15, -0.1) is 0 Å². The Bertz CT molecular complexity index is 633. The highest BCUT2D eigenvalue weighted by Gasteiger charge is 2.19. The number of sulfonamides is 1. The van der Waals surface area contributed by atoms with E-state index in [4.69, 9.17) is 0 Å². The topological polar surface area (TPSA) is 80.3 Å². The van der Waals surface area contributed by atoms with Gasteiger partial charge in [-0.05, 0) is 37.3 Å². The number of rotatable bonds is 7. The zero-order chi connectivity index (χ0) is 16.9. The number of carbonyl (C=O) groups excluding carboxylic acids is 2. The number of carbonyl (C=O) groups is 2. The van der Waals surface area contributed by atoms with Gasteiger partial charge in [0.15, 0.2) is 5.78 Å². The number of benzene rings is 1. The van der Waals surface area contributed by atoms with Crippen molar-refractivity contribution in [2.24, 2.45) is 11.8 Å². The molecule has 5 nitrogen and oxygen atoms in total. The molecule has 0 spiro atoms. The van der Waals surface area contributed by atoms with Gasteiger partial charge in [-0.25, -0.2) is 13.1 Å². The lowest BCUT2D eigenvalue weighted by molar-refractivity contribution is -0.120. The van der Waals surface area contributed by atoms with Crippen LogP contribution < -0.4 is 4.72 Å². The molecule has 6 heteroatoms. The van der Waals surface area contributed by atoms with Crippen LogP contribution in [0.25, 0.3) is 0 Å². The highest BCUT2D eigenvalue weighted by molar-refractivity contribution is 7.90. The van der Waals surface area contributed by atoms with Crippen molar-refractivity contribution in [3.05, 3.63) is 29.8 Å². The first-order chi connectivity index (χ1) is 10.1. The smallest absolute Gasteiger partial charge is 0.264 e. The van der Waals surface area contributed by atoms with E-state index >= 15 is 0 Å². The van der Waals surface area contributed by atoms with Crippen LogP contribution >= 0.6 is 0 Å². The zero-order valence-electron chi connectivity index (χ0n) is 13.4. The highest BCUT2D eigenvalue weighted by atomic mass is 32.2. The molecular formula is C16H23NO4S. The van der Waals surface area contributed by atoms with Crippen molar-refractivity contribution in [3.63, 3.8) is 0 Å². The van der Waals surface area contributed by atoms with Gasteiger partial charge in [0.05, 0.1) is 4.90 Å². The van der Waals surface area contributed by atoms with E-state index in [1.165, 1.54) is 31.2 Å². The summed E-state index contributed by atoms with van der Waals surface area (Å²) in [5, 5.41) is 0. The third kappa shape index (κ3) is 5.60. The maximum absolute atomic E-state index is 12.1. The molecule has 1 aromatic rings. The highest BCUT2D eigenvalue weighted by Crippen LogP contribution is 2.16. The standard InChI is InChI=1S/C16H23NO4S/c1-11(2)9-12(3)10-16(19)17-22(20,21)15-7-5-14(6-8-15)13(4)18/h5-8,11-12H,9-10H2,1-4H3,(H,17,19). The SMILES string of the molecule is CC(=O)c1ccc(S(=O)(=O)NC(=O)CC(C)CC(C)C)cc1. The van der Waals surface area contributed by atoms with Gasteiger partial charge < -0.3 is 0 Å². The third-order valence-corrected chi connectivity index (χ3v) is 4.62. The van der Waals surface area contributed by atoms with E-state index in [2.05, 4.69) is 18.6 Å². The summed E-state index contributed by atoms with van der Waals surface area (Å²) in [6.07, 6.45) is 1.03. The Morgan fingerprint density at radius 3 is 2.09 bits per heavy atom. The molecule has 0 saturated carbocycles. The Kier molecular flexibility index (Phi) is 6.29. The van der Waals surface area contributed by atoms with Crippen LogP contribution in [0.1, 0.15) is 50.9 Å². The first-order valence-electron chi connectivity index (χ1n) is 7.28. The van der Waals surface area contributed by atoms with E-state index in [1.54, 1.807) is 0 Å². The Balaban J connectivity index is 2.74. The van der Waals surface area contributed by atoms with Crippen LogP contribution in [0.15, 0.2) is 29.2 Å². The Morgan fingerprint density at radius 2 is 1.64 bits per heavy atom. The second-order valence-electron chi connectivity index (χ2n) is 6.05.